The molecular formula is C18H24N2O3. The van der Waals surface area contributed by atoms with Gasteiger partial charge in [-0.2, -0.15) is 0 Å². The summed E-state index contributed by atoms with van der Waals surface area (Å²) < 4.78 is 10.8. The molecule has 0 saturated carbocycles. The van der Waals surface area contributed by atoms with Crippen LogP contribution in [-0.4, -0.2) is 50.9 Å². The Labute approximate surface area is 137 Å². The van der Waals surface area contributed by atoms with Gasteiger partial charge in [0.15, 0.2) is 0 Å². The number of urea groups is 1. The van der Waals surface area contributed by atoms with Crippen LogP contribution in [0.5, 0.6) is 5.75 Å². The van der Waals surface area contributed by atoms with Crippen molar-refractivity contribution < 1.29 is 14.3 Å². The zero-order valence-corrected chi connectivity index (χ0v) is 13.6. The fraction of sp³-hybridized carbons (Fsp3) is 0.500. The van der Waals surface area contributed by atoms with Gasteiger partial charge in [-0.1, -0.05) is 24.3 Å². The SMILES string of the molecule is COCC1=CCN(C(=O)NC[C@@H]2CCOc3ccccc32)CC1. The van der Waals surface area contributed by atoms with Gasteiger partial charge in [-0.25, -0.2) is 4.79 Å². The maximum Gasteiger partial charge on any atom is 0.317 e. The summed E-state index contributed by atoms with van der Waals surface area (Å²) in [6.07, 6.45) is 3.92. The number of rotatable bonds is 4. The number of amides is 2. The van der Waals surface area contributed by atoms with E-state index in [2.05, 4.69) is 17.5 Å². The minimum absolute atomic E-state index is 0.0155. The van der Waals surface area contributed by atoms with Crippen molar-refractivity contribution in [2.75, 3.05) is 40.0 Å². The molecule has 0 fully saturated rings. The molecule has 0 bridgehead atoms. The molecule has 2 heterocycles. The molecule has 0 spiro atoms. The van der Waals surface area contributed by atoms with Crippen LogP contribution in [0.4, 0.5) is 4.79 Å². The summed E-state index contributed by atoms with van der Waals surface area (Å²) in [5.41, 5.74) is 2.47. The van der Waals surface area contributed by atoms with E-state index < -0.39 is 0 Å². The first-order chi connectivity index (χ1) is 11.3. The van der Waals surface area contributed by atoms with Crippen molar-refractivity contribution >= 4 is 6.03 Å². The average molecular weight is 316 g/mol. The summed E-state index contributed by atoms with van der Waals surface area (Å²) in [6, 6.07) is 8.11. The van der Waals surface area contributed by atoms with E-state index in [0.29, 0.717) is 32.2 Å². The van der Waals surface area contributed by atoms with E-state index in [-0.39, 0.29) is 6.03 Å². The normalized spacial score (nSPS) is 20.3. The van der Waals surface area contributed by atoms with Gasteiger partial charge in [-0.05, 0) is 30.0 Å². The second kappa shape index (κ2) is 7.51. The van der Waals surface area contributed by atoms with E-state index in [1.54, 1.807) is 7.11 Å². The fourth-order valence-electron chi connectivity index (χ4n) is 3.16. The van der Waals surface area contributed by atoms with Gasteiger partial charge in [0.2, 0.25) is 0 Å². The lowest BCUT2D eigenvalue weighted by atomic mass is 9.93. The number of benzene rings is 1. The van der Waals surface area contributed by atoms with Crippen LogP contribution >= 0.6 is 0 Å². The summed E-state index contributed by atoms with van der Waals surface area (Å²) in [4.78, 5) is 14.2. The lowest BCUT2D eigenvalue weighted by molar-refractivity contribution is 0.192. The zero-order chi connectivity index (χ0) is 16.1. The second-order valence-corrected chi connectivity index (χ2v) is 6.05. The average Bonchev–Trinajstić information content (AvgIpc) is 2.60. The van der Waals surface area contributed by atoms with Crippen molar-refractivity contribution in [2.24, 2.45) is 0 Å². The third-order valence-electron chi connectivity index (χ3n) is 4.50. The number of methoxy groups -OCH3 is 1. The van der Waals surface area contributed by atoms with Crippen LogP contribution in [0.15, 0.2) is 35.9 Å². The number of nitrogens with one attached hydrogen (secondary N) is 1. The number of hydrogen-bond donors (Lipinski definition) is 1. The Kier molecular flexibility index (Phi) is 5.18. The summed E-state index contributed by atoms with van der Waals surface area (Å²) in [5, 5.41) is 3.08. The van der Waals surface area contributed by atoms with Crippen LogP contribution in [0, 0.1) is 0 Å². The van der Waals surface area contributed by atoms with Gasteiger partial charge in [-0.3, -0.25) is 0 Å². The number of ether oxygens (including phenoxy) is 2. The molecule has 1 N–H and O–H groups in total. The van der Waals surface area contributed by atoms with Gasteiger partial charge in [-0.15, -0.1) is 0 Å². The first-order valence-electron chi connectivity index (χ1n) is 8.19. The molecule has 2 aliphatic heterocycles. The van der Waals surface area contributed by atoms with Crippen molar-refractivity contribution in [2.45, 2.75) is 18.8 Å². The maximum atomic E-state index is 12.3. The third kappa shape index (κ3) is 3.85. The number of para-hydroxylation sites is 1. The Morgan fingerprint density at radius 1 is 1.43 bits per heavy atom. The van der Waals surface area contributed by atoms with Crippen LogP contribution in [-0.2, 0) is 4.74 Å². The predicted molar refractivity (Wildman–Crippen MR) is 88.8 cm³/mol. The lowest BCUT2D eigenvalue weighted by Gasteiger charge is -2.29. The van der Waals surface area contributed by atoms with Gasteiger partial charge < -0.3 is 19.7 Å². The van der Waals surface area contributed by atoms with Crippen molar-refractivity contribution in [1.82, 2.24) is 10.2 Å². The summed E-state index contributed by atoms with van der Waals surface area (Å²) in [7, 11) is 1.70. The zero-order valence-electron chi connectivity index (χ0n) is 13.6. The van der Waals surface area contributed by atoms with Gasteiger partial charge in [0.1, 0.15) is 5.75 Å². The molecule has 5 heteroatoms. The minimum Gasteiger partial charge on any atom is -0.493 e. The topological polar surface area (TPSA) is 50.8 Å². The second-order valence-electron chi connectivity index (χ2n) is 6.05. The van der Waals surface area contributed by atoms with Crippen molar-refractivity contribution in [3.8, 4) is 5.75 Å². The fourth-order valence-corrected chi connectivity index (χ4v) is 3.16. The molecule has 0 aromatic heterocycles. The molecule has 1 aromatic carbocycles. The van der Waals surface area contributed by atoms with E-state index in [1.807, 2.05) is 23.1 Å². The third-order valence-corrected chi connectivity index (χ3v) is 4.50. The Bertz CT molecular complexity index is 585. The Morgan fingerprint density at radius 3 is 3.09 bits per heavy atom. The van der Waals surface area contributed by atoms with Crippen LogP contribution < -0.4 is 10.1 Å². The highest BCUT2D eigenvalue weighted by Gasteiger charge is 2.23. The molecule has 0 saturated heterocycles. The summed E-state index contributed by atoms with van der Waals surface area (Å²) in [5.74, 6) is 1.27. The molecule has 0 unspecified atom stereocenters. The molecule has 2 amide bonds. The maximum absolute atomic E-state index is 12.3. The van der Waals surface area contributed by atoms with E-state index >= 15 is 0 Å². The van der Waals surface area contributed by atoms with Crippen molar-refractivity contribution in [1.29, 1.82) is 0 Å². The highest BCUT2D eigenvalue weighted by atomic mass is 16.5. The highest BCUT2D eigenvalue weighted by molar-refractivity contribution is 5.74. The van der Waals surface area contributed by atoms with Crippen molar-refractivity contribution in [3.63, 3.8) is 0 Å². The number of hydrogen-bond acceptors (Lipinski definition) is 3. The van der Waals surface area contributed by atoms with Crippen molar-refractivity contribution in [3.05, 3.63) is 41.5 Å². The van der Waals surface area contributed by atoms with E-state index in [4.69, 9.17) is 9.47 Å². The molecule has 124 valence electrons. The molecule has 23 heavy (non-hydrogen) atoms. The Hall–Kier alpha value is -2.01. The quantitative estimate of drug-likeness (QED) is 0.869. The molecule has 1 atom stereocenters. The number of nitrogens with zero attached hydrogens (tertiary/aromatic N) is 1. The smallest absolute Gasteiger partial charge is 0.317 e. The van der Waals surface area contributed by atoms with Crippen LogP contribution in [0.25, 0.3) is 0 Å². The molecule has 2 aliphatic rings. The number of carbonyl (C=O) groups excluding carboxylic acids is 1. The molecule has 0 radical (unpaired) electrons. The molecular weight excluding hydrogens is 292 g/mol. The molecule has 3 rings (SSSR count). The standard InChI is InChI=1S/C18H24N2O3/c1-22-13-14-6-9-20(10-7-14)18(21)19-12-15-8-11-23-17-5-3-2-4-16(15)17/h2-6,15H,7-13H2,1H3,(H,19,21)/t15-/m0/s1. The highest BCUT2D eigenvalue weighted by Crippen LogP contribution is 2.32. The first-order valence-corrected chi connectivity index (χ1v) is 8.19. The van der Waals surface area contributed by atoms with Crippen LogP contribution in [0.1, 0.15) is 24.3 Å². The summed E-state index contributed by atoms with van der Waals surface area (Å²) >= 11 is 0. The summed E-state index contributed by atoms with van der Waals surface area (Å²) in [6.45, 7) is 3.45. The molecule has 5 nitrogen and oxygen atoms in total. The number of fused-ring (bicyclic) bond motifs is 1. The monoisotopic (exact) mass is 316 g/mol. The molecule has 0 aliphatic carbocycles. The van der Waals surface area contributed by atoms with Crippen LogP contribution in [0.2, 0.25) is 0 Å². The van der Waals surface area contributed by atoms with Crippen LogP contribution in [0.3, 0.4) is 0 Å². The van der Waals surface area contributed by atoms with E-state index in [1.165, 1.54) is 11.1 Å². The van der Waals surface area contributed by atoms with E-state index in [9.17, 15) is 4.79 Å². The van der Waals surface area contributed by atoms with E-state index in [0.717, 1.165) is 25.1 Å². The minimum atomic E-state index is 0.0155. The van der Waals surface area contributed by atoms with Gasteiger partial charge >= 0.3 is 6.03 Å². The van der Waals surface area contributed by atoms with Gasteiger partial charge in [0.25, 0.3) is 0 Å². The van der Waals surface area contributed by atoms with Gasteiger partial charge in [0.05, 0.1) is 13.2 Å². The molecule has 1 aromatic rings. The predicted octanol–water partition coefficient (Wildman–Crippen LogP) is 2.54. The number of carbonyl (C=O) groups is 1. The largest absolute Gasteiger partial charge is 0.493 e. The van der Waals surface area contributed by atoms with Gasteiger partial charge in [0, 0.05) is 32.7 Å². The lowest BCUT2D eigenvalue weighted by Crippen LogP contribution is -2.44. The first kappa shape index (κ1) is 15.9. The Balaban J connectivity index is 1.52. The Morgan fingerprint density at radius 2 is 2.30 bits per heavy atom.